The number of pyridine rings is 1. The smallest absolute Gasteiger partial charge is 0.281 e. The summed E-state index contributed by atoms with van der Waals surface area (Å²) in [5.41, 5.74) is 1.11. The fourth-order valence-electron chi connectivity index (χ4n) is 1.19. The number of hydrogen-bond acceptors (Lipinski definition) is 3. The number of nitrogens with zero attached hydrogens (tertiary/aromatic N) is 1. The van der Waals surface area contributed by atoms with E-state index in [-0.39, 0.29) is 10.9 Å². The third-order valence-corrected chi connectivity index (χ3v) is 2.71. The molecule has 4 nitrogen and oxygen atoms in total. The average molecular weight is 215 g/mol. The highest BCUT2D eigenvalue weighted by molar-refractivity contribution is 7.85. The molecule has 0 fully saturated rings. The summed E-state index contributed by atoms with van der Waals surface area (Å²) >= 11 is 0. The van der Waals surface area contributed by atoms with Crippen molar-refractivity contribution >= 4 is 10.1 Å². The van der Waals surface area contributed by atoms with Crippen LogP contribution in [0.25, 0.3) is 0 Å². The van der Waals surface area contributed by atoms with Crippen molar-refractivity contribution in [3.63, 3.8) is 0 Å². The Balaban J connectivity index is 3.46. The summed E-state index contributed by atoms with van der Waals surface area (Å²) in [5.74, 6) is 0.0139. The lowest BCUT2D eigenvalue weighted by Crippen LogP contribution is -2.08. The normalized spacial score (nSPS) is 12.1. The van der Waals surface area contributed by atoms with Gasteiger partial charge in [0.25, 0.3) is 0 Å². The van der Waals surface area contributed by atoms with Gasteiger partial charge in [-0.15, -0.1) is 0 Å². The summed E-state index contributed by atoms with van der Waals surface area (Å²) in [7, 11) is -4.21. The van der Waals surface area contributed by atoms with Crippen molar-refractivity contribution in [2.45, 2.75) is 31.7 Å². The lowest BCUT2D eigenvalue weighted by Gasteiger charge is -2.09. The third kappa shape index (κ3) is 2.30. The Hall–Kier alpha value is -0.940. The maximum atomic E-state index is 11.0. The Morgan fingerprint density at radius 1 is 1.36 bits per heavy atom. The quantitative estimate of drug-likeness (QED) is 0.763. The zero-order valence-corrected chi connectivity index (χ0v) is 9.17. The highest BCUT2D eigenvalue weighted by Crippen LogP contribution is 2.21. The summed E-state index contributed by atoms with van der Waals surface area (Å²) in [4.78, 5) is 3.83. The first-order chi connectivity index (χ1) is 6.32. The van der Waals surface area contributed by atoms with E-state index in [9.17, 15) is 8.42 Å². The van der Waals surface area contributed by atoms with Gasteiger partial charge in [0.2, 0.25) is 0 Å². The van der Waals surface area contributed by atoms with Crippen LogP contribution >= 0.6 is 0 Å². The van der Waals surface area contributed by atoms with Gasteiger partial charge in [0.1, 0.15) is 0 Å². The molecule has 0 spiro atoms. The van der Waals surface area contributed by atoms with Crippen molar-refractivity contribution in [3.8, 4) is 0 Å². The minimum absolute atomic E-state index is 0.0139. The molecule has 0 unspecified atom stereocenters. The van der Waals surface area contributed by atoms with Gasteiger partial charge in [-0.25, -0.2) is 4.98 Å². The molecule has 1 aromatic rings. The standard InChI is InChI=1S/C9H13NO3S/c1-6(2)8-5-4-7(3)10-9(8)14(11,12)13/h4-6H,1-3H3,(H,11,12,13). The molecule has 1 N–H and O–H groups in total. The number of aromatic nitrogens is 1. The van der Waals surface area contributed by atoms with E-state index in [1.54, 1.807) is 19.1 Å². The fourth-order valence-corrected chi connectivity index (χ4v) is 2.05. The molecule has 0 atom stereocenters. The van der Waals surface area contributed by atoms with Crippen LogP contribution < -0.4 is 0 Å². The summed E-state index contributed by atoms with van der Waals surface area (Å²) in [5, 5.41) is -0.229. The Kier molecular flexibility index (Phi) is 2.92. The van der Waals surface area contributed by atoms with Gasteiger partial charge >= 0.3 is 10.1 Å². The zero-order chi connectivity index (χ0) is 10.9. The van der Waals surface area contributed by atoms with E-state index < -0.39 is 10.1 Å². The topological polar surface area (TPSA) is 67.3 Å². The molecule has 5 heteroatoms. The minimum atomic E-state index is -4.21. The largest absolute Gasteiger partial charge is 0.312 e. The molecular formula is C9H13NO3S. The molecule has 1 aromatic heterocycles. The lowest BCUT2D eigenvalue weighted by atomic mass is 10.1. The Bertz CT molecular complexity index is 437. The third-order valence-electron chi connectivity index (χ3n) is 1.90. The molecule has 0 aromatic carbocycles. The summed E-state index contributed by atoms with van der Waals surface area (Å²) in [6.45, 7) is 5.38. The Morgan fingerprint density at radius 3 is 2.36 bits per heavy atom. The molecular weight excluding hydrogens is 202 g/mol. The SMILES string of the molecule is Cc1ccc(C(C)C)c(S(=O)(=O)O)n1. The number of hydrogen-bond donors (Lipinski definition) is 1. The molecule has 0 saturated carbocycles. The van der Waals surface area contributed by atoms with Crippen LogP contribution in [-0.2, 0) is 10.1 Å². The predicted molar refractivity (Wildman–Crippen MR) is 52.9 cm³/mol. The number of rotatable bonds is 2. The first-order valence-electron chi connectivity index (χ1n) is 4.27. The number of aryl methyl sites for hydroxylation is 1. The van der Waals surface area contributed by atoms with E-state index in [2.05, 4.69) is 4.98 Å². The molecule has 0 aliphatic heterocycles. The second-order valence-corrected chi connectivity index (χ2v) is 4.81. The van der Waals surface area contributed by atoms with Crippen molar-refractivity contribution in [1.82, 2.24) is 4.98 Å². The van der Waals surface area contributed by atoms with Gasteiger partial charge in [0, 0.05) is 5.69 Å². The van der Waals surface area contributed by atoms with Crippen LogP contribution in [0.2, 0.25) is 0 Å². The zero-order valence-electron chi connectivity index (χ0n) is 8.35. The molecule has 0 bridgehead atoms. The predicted octanol–water partition coefficient (Wildman–Crippen LogP) is 1.76. The fraction of sp³-hybridized carbons (Fsp3) is 0.444. The van der Waals surface area contributed by atoms with Crippen molar-refractivity contribution in [2.24, 2.45) is 0 Å². The van der Waals surface area contributed by atoms with Gasteiger partial charge < -0.3 is 0 Å². The van der Waals surface area contributed by atoms with Crippen molar-refractivity contribution < 1.29 is 13.0 Å². The van der Waals surface area contributed by atoms with Gasteiger partial charge in [-0.2, -0.15) is 8.42 Å². The lowest BCUT2D eigenvalue weighted by molar-refractivity contribution is 0.476. The molecule has 0 radical (unpaired) electrons. The van der Waals surface area contributed by atoms with Gasteiger partial charge in [-0.1, -0.05) is 19.9 Å². The van der Waals surface area contributed by atoms with E-state index in [0.29, 0.717) is 11.3 Å². The Labute approximate surface area is 83.7 Å². The highest BCUT2D eigenvalue weighted by Gasteiger charge is 2.19. The second kappa shape index (κ2) is 3.67. The van der Waals surface area contributed by atoms with Gasteiger partial charge in [0.05, 0.1) is 0 Å². The van der Waals surface area contributed by atoms with Gasteiger partial charge in [-0.3, -0.25) is 4.55 Å². The van der Waals surface area contributed by atoms with E-state index in [1.165, 1.54) is 0 Å². The van der Waals surface area contributed by atoms with Gasteiger partial charge in [-0.05, 0) is 24.5 Å². The van der Waals surface area contributed by atoms with E-state index in [0.717, 1.165) is 0 Å². The highest BCUT2D eigenvalue weighted by atomic mass is 32.2. The van der Waals surface area contributed by atoms with Crippen LogP contribution in [0.15, 0.2) is 17.2 Å². The van der Waals surface area contributed by atoms with Gasteiger partial charge in [0.15, 0.2) is 5.03 Å². The Morgan fingerprint density at radius 2 is 1.93 bits per heavy atom. The van der Waals surface area contributed by atoms with Crippen LogP contribution in [0.3, 0.4) is 0 Å². The molecule has 0 aliphatic rings. The van der Waals surface area contributed by atoms with Crippen LogP contribution in [-0.4, -0.2) is 18.0 Å². The summed E-state index contributed by atoms with van der Waals surface area (Å²) in [6.07, 6.45) is 0. The summed E-state index contributed by atoms with van der Waals surface area (Å²) in [6, 6.07) is 3.40. The second-order valence-electron chi connectivity index (χ2n) is 3.48. The van der Waals surface area contributed by atoms with E-state index in [1.807, 2.05) is 13.8 Å². The van der Waals surface area contributed by atoms with E-state index in [4.69, 9.17) is 4.55 Å². The summed E-state index contributed by atoms with van der Waals surface area (Å²) < 4.78 is 31.0. The molecule has 0 amide bonds. The molecule has 78 valence electrons. The average Bonchev–Trinajstić information content (AvgIpc) is 2.01. The molecule has 14 heavy (non-hydrogen) atoms. The van der Waals surface area contributed by atoms with Crippen LogP contribution in [0.1, 0.15) is 31.0 Å². The van der Waals surface area contributed by atoms with Crippen molar-refractivity contribution in [1.29, 1.82) is 0 Å². The first-order valence-corrected chi connectivity index (χ1v) is 5.71. The molecule has 1 rings (SSSR count). The molecule has 1 heterocycles. The molecule has 0 aliphatic carbocycles. The van der Waals surface area contributed by atoms with Crippen LogP contribution in [0.5, 0.6) is 0 Å². The minimum Gasteiger partial charge on any atom is -0.281 e. The van der Waals surface area contributed by atoms with Crippen molar-refractivity contribution in [3.05, 3.63) is 23.4 Å². The van der Waals surface area contributed by atoms with Crippen LogP contribution in [0, 0.1) is 6.92 Å². The molecule has 0 saturated heterocycles. The first kappa shape index (κ1) is 11.1. The maximum absolute atomic E-state index is 11.0. The maximum Gasteiger partial charge on any atom is 0.312 e. The van der Waals surface area contributed by atoms with E-state index >= 15 is 0 Å². The van der Waals surface area contributed by atoms with Crippen LogP contribution in [0.4, 0.5) is 0 Å². The van der Waals surface area contributed by atoms with Crippen molar-refractivity contribution in [2.75, 3.05) is 0 Å². The monoisotopic (exact) mass is 215 g/mol.